The quantitative estimate of drug-likeness (QED) is 0.564. The minimum absolute atomic E-state index is 0.146. The number of carbonyl (C=O) groups is 3. The SMILES string of the molecule is CCOC(=O)c1c(NC(=O)/C=C/c2ccco2)sc(C(=O)OC(C)(C)C)c1C. The van der Waals surface area contributed by atoms with E-state index in [0.717, 1.165) is 11.3 Å². The molecule has 2 rings (SSSR count). The number of rotatable bonds is 6. The molecular weight excluding hydrogens is 382 g/mol. The molecule has 0 aliphatic heterocycles. The average molecular weight is 405 g/mol. The van der Waals surface area contributed by atoms with Gasteiger partial charge in [-0.15, -0.1) is 11.3 Å². The van der Waals surface area contributed by atoms with Crippen LogP contribution in [-0.4, -0.2) is 30.1 Å². The fourth-order valence-electron chi connectivity index (χ4n) is 2.27. The van der Waals surface area contributed by atoms with Crippen molar-refractivity contribution in [3.8, 4) is 0 Å². The number of ether oxygens (including phenoxy) is 2. The Kier molecular flexibility index (Phi) is 6.80. The van der Waals surface area contributed by atoms with E-state index in [1.54, 1.807) is 46.8 Å². The summed E-state index contributed by atoms with van der Waals surface area (Å²) in [6.45, 7) is 8.73. The Balaban J connectivity index is 2.32. The van der Waals surface area contributed by atoms with Crippen LogP contribution >= 0.6 is 11.3 Å². The highest BCUT2D eigenvalue weighted by Crippen LogP contribution is 2.35. The molecule has 0 aliphatic carbocycles. The Bertz CT molecular complexity index is 887. The monoisotopic (exact) mass is 405 g/mol. The topological polar surface area (TPSA) is 94.8 Å². The Morgan fingerprint density at radius 1 is 1.25 bits per heavy atom. The summed E-state index contributed by atoms with van der Waals surface area (Å²) in [5.41, 5.74) is -0.136. The van der Waals surface area contributed by atoms with E-state index in [9.17, 15) is 14.4 Å². The van der Waals surface area contributed by atoms with Gasteiger partial charge in [0, 0.05) is 6.08 Å². The lowest BCUT2D eigenvalue weighted by atomic mass is 10.1. The smallest absolute Gasteiger partial charge is 0.349 e. The normalized spacial score (nSPS) is 11.5. The maximum Gasteiger partial charge on any atom is 0.349 e. The van der Waals surface area contributed by atoms with Gasteiger partial charge in [-0.05, 0) is 58.4 Å². The second kappa shape index (κ2) is 8.88. The molecule has 0 bridgehead atoms. The second-order valence-electron chi connectivity index (χ2n) is 6.82. The van der Waals surface area contributed by atoms with E-state index < -0.39 is 23.4 Å². The minimum atomic E-state index is -0.688. The van der Waals surface area contributed by atoms with Crippen LogP contribution in [0.3, 0.4) is 0 Å². The molecule has 0 saturated heterocycles. The van der Waals surface area contributed by atoms with Gasteiger partial charge in [0.15, 0.2) is 0 Å². The molecule has 8 heteroatoms. The number of hydrogen-bond acceptors (Lipinski definition) is 7. The van der Waals surface area contributed by atoms with Crippen LogP contribution in [0, 0.1) is 6.92 Å². The first-order valence-corrected chi connectivity index (χ1v) is 9.50. The van der Waals surface area contributed by atoms with Crippen LogP contribution in [0.25, 0.3) is 6.08 Å². The summed E-state index contributed by atoms with van der Waals surface area (Å²) < 4.78 is 15.6. The lowest BCUT2D eigenvalue weighted by Crippen LogP contribution is -2.23. The van der Waals surface area contributed by atoms with E-state index in [0.29, 0.717) is 11.3 Å². The number of esters is 2. The molecule has 2 heterocycles. The molecule has 0 radical (unpaired) electrons. The molecule has 28 heavy (non-hydrogen) atoms. The first-order chi connectivity index (χ1) is 13.1. The highest BCUT2D eigenvalue weighted by molar-refractivity contribution is 7.18. The highest BCUT2D eigenvalue weighted by atomic mass is 32.1. The molecule has 1 amide bonds. The Morgan fingerprint density at radius 2 is 1.96 bits per heavy atom. The number of furan rings is 1. The van der Waals surface area contributed by atoms with Crippen molar-refractivity contribution < 1.29 is 28.3 Å². The highest BCUT2D eigenvalue weighted by Gasteiger charge is 2.29. The van der Waals surface area contributed by atoms with Crippen molar-refractivity contribution in [1.82, 2.24) is 0 Å². The van der Waals surface area contributed by atoms with Crippen molar-refractivity contribution in [2.45, 2.75) is 40.2 Å². The number of amides is 1. The van der Waals surface area contributed by atoms with Crippen molar-refractivity contribution in [2.24, 2.45) is 0 Å². The number of anilines is 1. The van der Waals surface area contributed by atoms with Crippen molar-refractivity contribution in [3.63, 3.8) is 0 Å². The van der Waals surface area contributed by atoms with Gasteiger partial charge in [0.25, 0.3) is 0 Å². The molecule has 2 aromatic heterocycles. The minimum Gasteiger partial charge on any atom is -0.465 e. The van der Waals surface area contributed by atoms with Crippen LogP contribution < -0.4 is 5.32 Å². The molecule has 0 saturated carbocycles. The van der Waals surface area contributed by atoms with E-state index in [2.05, 4.69) is 5.32 Å². The van der Waals surface area contributed by atoms with E-state index in [1.807, 2.05) is 0 Å². The molecule has 150 valence electrons. The van der Waals surface area contributed by atoms with Crippen LogP contribution in [0.1, 0.15) is 59.0 Å². The standard InChI is InChI=1S/C20H23NO6S/c1-6-25-18(23)15-12(2)16(19(24)27-20(3,4)5)28-17(15)21-14(22)10-9-13-8-7-11-26-13/h7-11H,6H2,1-5H3,(H,21,22)/b10-9+. The Hall–Kier alpha value is -2.87. The van der Waals surface area contributed by atoms with Gasteiger partial charge in [0.05, 0.1) is 18.4 Å². The van der Waals surface area contributed by atoms with Gasteiger partial charge >= 0.3 is 11.9 Å². The predicted molar refractivity (Wildman–Crippen MR) is 107 cm³/mol. The summed E-state index contributed by atoms with van der Waals surface area (Å²) in [5.74, 6) is -1.14. The summed E-state index contributed by atoms with van der Waals surface area (Å²) in [7, 11) is 0. The number of nitrogens with one attached hydrogen (secondary N) is 1. The maximum absolute atomic E-state index is 12.5. The largest absolute Gasteiger partial charge is 0.465 e. The lowest BCUT2D eigenvalue weighted by molar-refractivity contribution is -0.111. The van der Waals surface area contributed by atoms with Crippen LogP contribution in [0.4, 0.5) is 5.00 Å². The molecule has 0 aromatic carbocycles. The van der Waals surface area contributed by atoms with Crippen molar-refractivity contribution in [2.75, 3.05) is 11.9 Å². The third-order valence-electron chi connectivity index (χ3n) is 3.39. The van der Waals surface area contributed by atoms with E-state index >= 15 is 0 Å². The van der Waals surface area contributed by atoms with E-state index in [-0.39, 0.29) is 22.0 Å². The summed E-state index contributed by atoms with van der Waals surface area (Å²) in [6.07, 6.45) is 4.26. The van der Waals surface area contributed by atoms with Gasteiger partial charge in [-0.25, -0.2) is 9.59 Å². The Labute approximate surface area is 167 Å². The Morgan fingerprint density at radius 3 is 2.54 bits per heavy atom. The summed E-state index contributed by atoms with van der Waals surface area (Å²) in [6, 6.07) is 3.40. The summed E-state index contributed by atoms with van der Waals surface area (Å²) in [4.78, 5) is 37.4. The van der Waals surface area contributed by atoms with Crippen molar-refractivity contribution in [3.05, 3.63) is 46.2 Å². The van der Waals surface area contributed by atoms with Gasteiger partial charge in [-0.2, -0.15) is 0 Å². The van der Waals surface area contributed by atoms with Crippen LogP contribution in [0.15, 0.2) is 28.9 Å². The molecule has 2 aromatic rings. The zero-order valence-corrected chi connectivity index (χ0v) is 17.3. The van der Waals surface area contributed by atoms with Crippen molar-refractivity contribution in [1.29, 1.82) is 0 Å². The van der Waals surface area contributed by atoms with Gasteiger partial charge < -0.3 is 19.2 Å². The van der Waals surface area contributed by atoms with Crippen LogP contribution in [0.2, 0.25) is 0 Å². The molecule has 7 nitrogen and oxygen atoms in total. The fraction of sp³-hybridized carbons (Fsp3) is 0.350. The van der Waals surface area contributed by atoms with Crippen LogP contribution in [0.5, 0.6) is 0 Å². The first kappa shape index (κ1) is 21.4. The van der Waals surface area contributed by atoms with E-state index in [1.165, 1.54) is 18.4 Å². The first-order valence-electron chi connectivity index (χ1n) is 8.68. The third-order valence-corrected chi connectivity index (χ3v) is 4.58. The van der Waals surface area contributed by atoms with Gasteiger partial charge in [0.1, 0.15) is 21.2 Å². The number of carbonyl (C=O) groups excluding carboxylic acids is 3. The zero-order chi connectivity index (χ0) is 20.9. The molecule has 1 N–H and O–H groups in total. The molecule has 0 atom stereocenters. The molecule has 0 fully saturated rings. The zero-order valence-electron chi connectivity index (χ0n) is 16.5. The maximum atomic E-state index is 12.5. The van der Waals surface area contributed by atoms with Crippen LogP contribution in [-0.2, 0) is 14.3 Å². The molecule has 0 unspecified atom stereocenters. The second-order valence-corrected chi connectivity index (χ2v) is 7.84. The van der Waals surface area contributed by atoms with Gasteiger partial charge in [0.2, 0.25) is 5.91 Å². The van der Waals surface area contributed by atoms with E-state index in [4.69, 9.17) is 13.9 Å². The summed E-state index contributed by atoms with van der Waals surface area (Å²) >= 11 is 0.976. The average Bonchev–Trinajstić information content (AvgIpc) is 3.19. The molecule has 0 aliphatic rings. The number of thiophene rings is 1. The molecular formula is C20H23NO6S. The third kappa shape index (κ3) is 5.56. The number of hydrogen-bond donors (Lipinski definition) is 1. The van der Waals surface area contributed by atoms with Gasteiger partial charge in [-0.3, -0.25) is 4.79 Å². The van der Waals surface area contributed by atoms with Crippen molar-refractivity contribution >= 4 is 40.3 Å². The molecule has 0 spiro atoms. The fourth-order valence-corrected chi connectivity index (χ4v) is 3.34. The summed E-state index contributed by atoms with van der Waals surface area (Å²) in [5, 5.41) is 2.86. The lowest BCUT2D eigenvalue weighted by Gasteiger charge is -2.19. The predicted octanol–water partition coefficient (Wildman–Crippen LogP) is 4.43. The van der Waals surface area contributed by atoms with Gasteiger partial charge in [-0.1, -0.05) is 0 Å².